The number of esters is 1. The normalized spacial score (nSPS) is 10.6. The molecule has 0 atom stereocenters. The van der Waals surface area contributed by atoms with Crippen molar-refractivity contribution in [2.45, 2.75) is 6.92 Å². The van der Waals surface area contributed by atoms with Gasteiger partial charge in [-0.15, -0.1) is 0 Å². The van der Waals surface area contributed by atoms with Crippen molar-refractivity contribution >= 4 is 22.7 Å². The summed E-state index contributed by atoms with van der Waals surface area (Å²) in [5, 5.41) is 0.681. The molecule has 4 rings (SSSR count). The van der Waals surface area contributed by atoms with Crippen LogP contribution in [0.3, 0.4) is 0 Å². The van der Waals surface area contributed by atoms with Crippen molar-refractivity contribution in [3.05, 3.63) is 96.1 Å². The van der Waals surface area contributed by atoms with Crippen LogP contribution in [0.25, 0.3) is 22.2 Å². The second kappa shape index (κ2) is 9.22. The van der Waals surface area contributed by atoms with Crippen LogP contribution in [0.15, 0.2) is 84.9 Å². The SMILES string of the molecule is CCOc1ccc(C(=O)COC(=O)c2cc(-c3ccccc3)nc3ccccc23)cc1. The van der Waals surface area contributed by atoms with E-state index in [0.29, 0.717) is 40.1 Å². The molecule has 0 radical (unpaired) electrons. The lowest BCUT2D eigenvalue weighted by atomic mass is 10.0. The summed E-state index contributed by atoms with van der Waals surface area (Å²) in [6.45, 7) is 2.10. The summed E-state index contributed by atoms with van der Waals surface area (Å²) >= 11 is 0. The van der Waals surface area contributed by atoms with E-state index in [1.165, 1.54) is 0 Å². The molecule has 0 fully saturated rings. The Balaban J connectivity index is 1.56. The molecule has 5 heteroatoms. The zero-order valence-corrected chi connectivity index (χ0v) is 17.1. The molecule has 0 bridgehead atoms. The summed E-state index contributed by atoms with van der Waals surface area (Å²) in [6.07, 6.45) is 0. The minimum absolute atomic E-state index is 0.280. The maximum absolute atomic E-state index is 12.9. The van der Waals surface area contributed by atoms with Crippen LogP contribution in [-0.4, -0.2) is 30.0 Å². The minimum Gasteiger partial charge on any atom is -0.494 e. The first kappa shape index (κ1) is 20.3. The molecular formula is C26H21NO4. The molecule has 0 aliphatic heterocycles. The Morgan fingerprint density at radius 3 is 2.32 bits per heavy atom. The van der Waals surface area contributed by atoms with Crippen molar-refractivity contribution in [2.75, 3.05) is 13.2 Å². The van der Waals surface area contributed by atoms with Gasteiger partial charge in [-0.25, -0.2) is 9.78 Å². The van der Waals surface area contributed by atoms with E-state index in [9.17, 15) is 9.59 Å². The molecule has 0 amide bonds. The number of carbonyl (C=O) groups is 2. The first-order valence-corrected chi connectivity index (χ1v) is 10.0. The predicted octanol–water partition coefficient (Wildman–Crippen LogP) is 5.34. The molecule has 0 saturated heterocycles. The smallest absolute Gasteiger partial charge is 0.339 e. The van der Waals surface area contributed by atoms with Gasteiger partial charge in [0.15, 0.2) is 12.4 Å². The molecule has 1 heterocycles. The van der Waals surface area contributed by atoms with E-state index in [1.54, 1.807) is 30.3 Å². The van der Waals surface area contributed by atoms with E-state index in [2.05, 4.69) is 4.98 Å². The molecule has 4 aromatic rings. The highest BCUT2D eigenvalue weighted by atomic mass is 16.5. The van der Waals surface area contributed by atoms with Gasteiger partial charge < -0.3 is 9.47 Å². The Bertz CT molecular complexity index is 1220. The molecule has 0 aliphatic rings. The molecule has 0 unspecified atom stereocenters. The maximum Gasteiger partial charge on any atom is 0.339 e. The van der Waals surface area contributed by atoms with E-state index in [0.717, 1.165) is 5.56 Å². The fraction of sp³-hybridized carbons (Fsp3) is 0.115. The van der Waals surface area contributed by atoms with E-state index in [-0.39, 0.29) is 12.4 Å². The third kappa shape index (κ3) is 4.61. The Morgan fingerprint density at radius 1 is 0.871 bits per heavy atom. The number of benzene rings is 3. The van der Waals surface area contributed by atoms with Crippen LogP contribution in [0.2, 0.25) is 0 Å². The summed E-state index contributed by atoms with van der Waals surface area (Å²) in [5.74, 6) is -0.152. The summed E-state index contributed by atoms with van der Waals surface area (Å²) in [4.78, 5) is 30.0. The number of carbonyl (C=O) groups excluding carboxylic acids is 2. The van der Waals surface area contributed by atoms with Crippen LogP contribution >= 0.6 is 0 Å². The van der Waals surface area contributed by atoms with Gasteiger partial charge in [-0.05, 0) is 43.3 Å². The number of ketones is 1. The van der Waals surface area contributed by atoms with Crippen LogP contribution < -0.4 is 4.74 Å². The second-order valence-electron chi connectivity index (χ2n) is 6.89. The molecule has 0 aliphatic carbocycles. The molecule has 0 saturated carbocycles. The number of rotatable bonds is 7. The third-order valence-corrected chi connectivity index (χ3v) is 4.83. The molecule has 1 aromatic heterocycles. The predicted molar refractivity (Wildman–Crippen MR) is 119 cm³/mol. The van der Waals surface area contributed by atoms with Crippen molar-refractivity contribution < 1.29 is 19.1 Å². The van der Waals surface area contributed by atoms with Gasteiger partial charge in [0, 0.05) is 16.5 Å². The summed E-state index contributed by atoms with van der Waals surface area (Å²) < 4.78 is 10.8. The number of ether oxygens (including phenoxy) is 2. The highest BCUT2D eigenvalue weighted by molar-refractivity contribution is 6.06. The average Bonchev–Trinajstić information content (AvgIpc) is 2.83. The van der Waals surface area contributed by atoms with Gasteiger partial charge in [0.25, 0.3) is 0 Å². The number of Topliss-reactive ketones (excluding diaryl/α,β-unsaturated/α-hetero) is 1. The van der Waals surface area contributed by atoms with Crippen molar-refractivity contribution in [2.24, 2.45) is 0 Å². The monoisotopic (exact) mass is 411 g/mol. The molecule has 154 valence electrons. The van der Waals surface area contributed by atoms with Gasteiger partial charge in [-0.2, -0.15) is 0 Å². The lowest BCUT2D eigenvalue weighted by Crippen LogP contribution is -2.15. The van der Waals surface area contributed by atoms with E-state index in [4.69, 9.17) is 9.47 Å². The standard InChI is InChI=1S/C26H21NO4/c1-2-30-20-14-12-19(13-15-20)25(28)17-31-26(29)22-16-24(18-8-4-3-5-9-18)27-23-11-7-6-10-21(22)23/h3-16H,2,17H2,1H3. The summed E-state index contributed by atoms with van der Waals surface area (Å²) in [6, 6.07) is 25.5. The average molecular weight is 411 g/mol. The molecule has 0 N–H and O–H groups in total. The van der Waals surface area contributed by atoms with Crippen molar-refractivity contribution in [1.29, 1.82) is 0 Å². The lowest BCUT2D eigenvalue weighted by Gasteiger charge is -2.10. The second-order valence-corrected chi connectivity index (χ2v) is 6.89. The zero-order chi connectivity index (χ0) is 21.6. The van der Waals surface area contributed by atoms with Gasteiger partial charge in [-0.1, -0.05) is 48.5 Å². The van der Waals surface area contributed by atoms with Crippen molar-refractivity contribution in [3.8, 4) is 17.0 Å². The Labute approximate surface area is 180 Å². The van der Waals surface area contributed by atoms with Crippen LogP contribution in [0.5, 0.6) is 5.75 Å². The fourth-order valence-electron chi connectivity index (χ4n) is 3.30. The lowest BCUT2D eigenvalue weighted by molar-refractivity contribution is 0.0476. The highest BCUT2D eigenvalue weighted by Crippen LogP contribution is 2.25. The van der Waals surface area contributed by atoms with Crippen LogP contribution in [-0.2, 0) is 4.74 Å². The van der Waals surface area contributed by atoms with Crippen molar-refractivity contribution in [3.63, 3.8) is 0 Å². The van der Waals surface area contributed by atoms with E-state index in [1.807, 2.05) is 61.5 Å². The topological polar surface area (TPSA) is 65.5 Å². The summed E-state index contributed by atoms with van der Waals surface area (Å²) in [7, 11) is 0. The Hall–Kier alpha value is -3.99. The fourth-order valence-corrected chi connectivity index (χ4v) is 3.30. The quantitative estimate of drug-likeness (QED) is 0.303. The van der Waals surface area contributed by atoms with Gasteiger partial charge in [0.1, 0.15) is 5.75 Å². The Kier molecular flexibility index (Phi) is 6.03. The van der Waals surface area contributed by atoms with Gasteiger partial charge in [0.05, 0.1) is 23.4 Å². The number of aromatic nitrogens is 1. The largest absolute Gasteiger partial charge is 0.494 e. The number of fused-ring (bicyclic) bond motifs is 1. The third-order valence-electron chi connectivity index (χ3n) is 4.83. The molecule has 3 aromatic carbocycles. The van der Waals surface area contributed by atoms with E-state index < -0.39 is 5.97 Å². The zero-order valence-electron chi connectivity index (χ0n) is 17.1. The van der Waals surface area contributed by atoms with Crippen LogP contribution in [0.4, 0.5) is 0 Å². The molecule has 5 nitrogen and oxygen atoms in total. The first-order valence-electron chi connectivity index (χ1n) is 10.0. The number of nitrogens with zero attached hydrogens (tertiary/aromatic N) is 1. The first-order chi connectivity index (χ1) is 15.2. The van der Waals surface area contributed by atoms with Gasteiger partial charge in [-0.3, -0.25) is 4.79 Å². The van der Waals surface area contributed by atoms with Gasteiger partial charge >= 0.3 is 5.97 Å². The minimum atomic E-state index is -0.560. The summed E-state index contributed by atoms with van der Waals surface area (Å²) in [5.41, 5.74) is 3.09. The molecule has 0 spiro atoms. The molecule has 31 heavy (non-hydrogen) atoms. The number of para-hydroxylation sites is 1. The van der Waals surface area contributed by atoms with Crippen molar-refractivity contribution in [1.82, 2.24) is 4.98 Å². The number of pyridine rings is 1. The van der Waals surface area contributed by atoms with Crippen LogP contribution in [0, 0.1) is 0 Å². The van der Waals surface area contributed by atoms with Gasteiger partial charge in [0.2, 0.25) is 0 Å². The molecular weight excluding hydrogens is 390 g/mol. The Morgan fingerprint density at radius 2 is 1.58 bits per heavy atom. The number of hydrogen-bond donors (Lipinski definition) is 0. The van der Waals surface area contributed by atoms with Crippen LogP contribution in [0.1, 0.15) is 27.6 Å². The highest BCUT2D eigenvalue weighted by Gasteiger charge is 2.17. The number of hydrogen-bond acceptors (Lipinski definition) is 5. The van der Waals surface area contributed by atoms with E-state index >= 15 is 0 Å². The maximum atomic E-state index is 12.9.